The van der Waals surface area contributed by atoms with Crippen LogP contribution in [0.2, 0.25) is 0 Å². The van der Waals surface area contributed by atoms with Crippen LogP contribution in [-0.2, 0) is 6.54 Å². The average molecular weight is 341 g/mol. The van der Waals surface area contributed by atoms with Gasteiger partial charge in [0.05, 0.1) is 0 Å². The van der Waals surface area contributed by atoms with Crippen LogP contribution >= 0.6 is 39.0 Å². The molecule has 94 valence electrons. The summed E-state index contributed by atoms with van der Waals surface area (Å²) >= 11 is 7.04. The van der Waals surface area contributed by atoms with Crippen LogP contribution in [0, 0.1) is 0 Å². The van der Waals surface area contributed by atoms with Crippen LogP contribution in [0.4, 0.5) is 0 Å². The second-order valence-corrected chi connectivity index (χ2v) is 7.38. The van der Waals surface area contributed by atoms with Crippen molar-refractivity contribution < 1.29 is 0 Å². The number of hydrogen-bond donors (Lipinski definition) is 1. The summed E-state index contributed by atoms with van der Waals surface area (Å²) in [6.45, 7) is 0.952. The van der Waals surface area contributed by atoms with Crippen LogP contribution in [0.5, 0.6) is 0 Å². The first-order valence-electron chi connectivity index (χ1n) is 5.90. The monoisotopic (exact) mass is 340 g/mol. The van der Waals surface area contributed by atoms with Crippen LogP contribution < -0.4 is 5.32 Å². The predicted octanol–water partition coefficient (Wildman–Crippen LogP) is 4.31. The minimum atomic E-state index is 0.751. The van der Waals surface area contributed by atoms with E-state index in [1.165, 1.54) is 27.8 Å². The molecular weight excluding hydrogens is 328 g/mol. The summed E-state index contributed by atoms with van der Waals surface area (Å²) in [5.74, 6) is 0. The summed E-state index contributed by atoms with van der Waals surface area (Å²) in [5, 5.41) is 5.54. The number of hydrogen-bond acceptors (Lipinski definition) is 4. The summed E-state index contributed by atoms with van der Waals surface area (Å²) in [7, 11) is 0. The van der Waals surface area contributed by atoms with Crippen molar-refractivity contribution in [1.29, 1.82) is 0 Å². The standard InChI is InChI=1S/C13H13BrN2S2/c14-12-7-11(18-13-15-5-6-17-13)4-1-9(12)8-16-10-2-3-10/h1,4-7,10,16H,2-3,8H2. The Hall–Kier alpha value is -0.360. The molecule has 18 heavy (non-hydrogen) atoms. The van der Waals surface area contributed by atoms with Crippen LogP contribution in [0.1, 0.15) is 18.4 Å². The SMILES string of the molecule is Brc1cc(Sc2nccs2)ccc1CNC1CC1. The highest BCUT2D eigenvalue weighted by Crippen LogP contribution is 2.32. The maximum Gasteiger partial charge on any atom is 0.154 e. The number of benzene rings is 1. The largest absolute Gasteiger partial charge is 0.310 e. The lowest BCUT2D eigenvalue weighted by Gasteiger charge is -2.07. The molecule has 0 radical (unpaired) electrons. The smallest absolute Gasteiger partial charge is 0.154 e. The van der Waals surface area contributed by atoms with Gasteiger partial charge in [0, 0.05) is 33.5 Å². The Labute approximate surface area is 123 Å². The number of nitrogens with zero attached hydrogens (tertiary/aromatic N) is 1. The quantitative estimate of drug-likeness (QED) is 0.877. The highest BCUT2D eigenvalue weighted by molar-refractivity contribution is 9.10. The number of halogens is 1. The Morgan fingerprint density at radius 3 is 3.00 bits per heavy atom. The molecule has 3 rings (SSSR count). The lowest BCUT2D eigenvalue weighted by atomic mass is 10.2. The minimum Gasteiger partial charge on any atom is -0.310 e. The molecule has 0 unspecified atom stereocenters. The molecule has 5 heteroatoms. The number of rotatable bonds is 5. The van der Waals surface area contributed by atoms with E-state index in [2.05, 4.69) is 44.4 Å². The first-order chi connectivity index (χ1) is 8.81. The lowest BCUT2D eigenvalue weighted by Crippen LogP contribution is -2.15. The van der Waals surface area contributed by atoms with Gasteiger partial charge >= 0.3 is 0 Å². The molecule has 0 spiro atoms. The van der Waals surface area contributed by atoms with E-state index < -0.39 is 0 Å². The van der Waals surface area contributed by atoms with Crippen molar-refractivity contribution in [2.24, 2.45) is 0 Å². The molecule has 0 saturated heterocycles. The van der Waals surface area contributed by atoms with Gasteiger partial charge in [-0.05, 0) is 30.5 Å². The van der Waals surface area contributed by atoms with Crippen molar-refractivity contribution in [3.8, 4) is 0 Å². The third-order valence-corrected chi connectivity index (χ3v) is 5.41. The van der Waals surface area contributed by atoms with E-state index in [-0.39, 0.29) is 0 Å². The number of nitrogens with one attached hydrogen (secondary N) is 1. The molecular formula is C13H13BrN2S2. The molecule has 0 aliphatic heterocycles. The number of thiazole rings is 1. The maximum atomic E-state index is 4.29. The zero-order valence-electron chi connectivity index (χ0n) is 9.73. The van der Waals surface area contributed by atoms with Gasteiger partial charge in [-0.3, -0.25) is 0 Å². The highest BCUT2D eigenvalue weighted by atomic mass is 79.9. The summed E-state index contributed by atoms with van der Waals surface area (Å²) < 4.78 is 2.27. The molecule has 0 atom stereocenters. The van der Waals surface area contributed by atoms with Gasteiger partial charge in [-0.15, -0.1) is 11.3 Å². The number of aromatic nitrogens is 1. The average Bonchev–Trinajstić information content (AvgIpc) is 3.05. The van der Waals surface area contributed by atoms with E-state index in [1.54, 1.807) is 23.1 Å². The Morgan fingerprint density at radius 1 is 1.44 bits per heavy atom. The van der Waals surface area contributed by atoms with E-state index in [0.29, 0.717) is 0 Å². The lowest BCUT2D eigenvalue weighted by molar-refractivity contribution is 0.685. The van der Waals surface area contributed by atoms with Gasteiger partial charge < -0.3 is 5.32 Å². The molecule has 1 N–H and O–H groups in total. The van der Waals surface area contributed by atoms with Crippen LogP contribution in [-0.4, -0.2) is 11.0 Å². The molecule has 0 bridgehead atoms. The van der Waals surface area contributed by atoms with Crippen molar-refractivity contribution in [3.63, 3.8) is 0 Å². The van der Waals surface area contributed by atoms with E-state index in [9.17, 15) is 0 Å². The van der Waals surface area contributed by atoms with Gasteiger partial charge in [-0.2, -0.15) is 0 Å². The molecule has 1 saturated carbocycles. The Morgan fingerprint density at radius 2 is 2.33 bits per heavy atom. The molecule has 1 aromatic carbocycles. The summed E-state index contributed by atoms with van der Waals surface area (Å²) in [6, 6.07) is 7.29. The minimum absolute atomic E-state index is 0.751. The normalized spacial score (nSPS) is 14.9. The van der Waals surface area contributed by atoms with Crippen molar-refractivity contribution in [2.45, 2.75) is 34.7 Å². The van der Waals surface area contributed by atoms with Crippen LogP contribution in [0.3, 0.4) is 0 Å². The Kier molecular flexibility index (Phi) is 4.03. The molecule has 1 aliphatic carbocycles. The van der Waals surface area contributed by atoms with Gasteiger partial charge in [0.2, 0.25) is 0 Å². The van der Waals surface area contributed by atoms with E-state index in [1.807, 2.05) is 11.6 Å². The van der Waals surface area contributed by atoms with E-state index in [4.69, 9.17) is 0 Å². The van der Waals surface area contributed by atoms with Gasteiger partial charge in [0.25, 0.3) is 0 Å². The molecule has 0 amide bonds. The second kappa shape index (κ2) is 5.74. The van der Waals surface area contributed by atoms with Crippen molar-refractivity contribution in [1.82, 2.24) is 10.3 Å². The fraction of sp³-hybridized carbons (Fsp3) is 0.308. The molecule has 1 heterocycles. The molecule has 2 nitrogen and oxygen atoms in total. The summed E-state index contributed by atoms with van der Waals surface area (Å²) in [6.07, 6.45) is 4.50. The van der Waals surface area contributed by atoms with E-state index in [0.717, 1.165) is 16.9 Å². The van der Waals surface area contributed by atoms with Gasteiger partial charge in [-0.25, -0.2) is 4.98 Å². The maximum absolute atomic E-state index is 4.29. The second-order valence-electron chi connectivity index (χ2n) is 4.31. The molecule has 1 fully saturated rings. The van der Waals surface area contributed by atoms with Crippen LogP contribution in [0.15, 0.2) is 43.5 Å². The zero-order valence-corrected chi connectivity index (χ0v) is 12.9. The first kappa shape index (κ1) is 12.7. The third kappa shape index (κ3) is 3.35. The zero-order chi connectivity index (χ0) is 12.4. The van der Waals surface area contributed by atoms with Crippen LogP contribution in [0.25, 0.3) is 0 Å². The summed E-state index contributed by atoms with van der Waals surface area (Å²) in [5.41, 5.74) is 1.32. The van der Waals surface area contributed by atoms with Gasteiger partial charge in [-0.1, -0.05) is 33.8 Å². The fourth-order valence-corrected chi connectivity index (χ4v) is 3.94. The van der Waals surface area contributed by atoms with Gasteiger partial charge in [0.15, 0.2) is 4.34 Å². The summed E-state index contributed by atoms with van der Waals surface area (Å²) in [4.78, 5) is 5.51. The van der Waals surface area contributed by atoms with Crippen molar-refractivity contribution in [3.05, 3.63) is 39.8 Å². The molecule has 1 aromatic heterocycles. The van der Waals surface area contributed by atoms with Gasteiger partial charge in [0.1, 0.15) is 0 Å². The predicted molar refractivity (Wildman–Crippen MR) is 80.2 cm³/mol. The van der Waals surface area contributed by atoms with E-state index >= 15 is 0 Å². The Bertz CT molecular complexity index is 524. The first-order valence-corrected chi connectivity index (χ1v) is 8.39. The third-order valence-electron chi connectivity index (χ3n) is 2.80. The molecule has 1 aliphatic rings. The van der Waals surface area contributed by atoms with Crippen molar-refractivity contribution in [2.75, 3.05) is 0 Å². The topological polar surface area (TPSA) is 24.9 Å². The highest BCUT2D eigenvalue weighted by Gasteiger charge is 2.20. The fourth-order valence-electron chi connectivity index (χ4n) is 1.64. The Balaban J connectivity index is 1.67. The van der Waals surface area contributed by atoms with Crippen molar-refractivity contribution >= 4 is 39.0 Å². The molecule has 2 aromatic rings.